The molecule has 2 aromatic carbocycles. The Labute approximate surface area is 180 Å². The molecule has 0 saturated carbocycles. The van der Waals surface area contributed by atoms with Gasteiger partial charge in [-0.2, -0.15) is 0 Å². The highest BCUT2D eigenvalue weighted by Gasteiger charge is 2.26. The van der Waals surface area contributed by atoms with E-state index < -0.39 is 4.92 Å². The van der Waals surface area contributed by atoms with E-state index in [4.69, 9.17) is 16.3 Å². The Morgan fingerprint density at radius 1 is 1.30 bits per heavy atom. The van der Waals surface area contributed by atoms with Crippen molar-refractivity contribution >= 4 is 40.6 Å². The number of rotatable bonds is 7. The third kappa shape index (κ3) is 4.55. The minimum atomic E-state index is -0.432. The number of thioether (sulfide) groups is 1. The number of carbonyl (C=O) groups is 1. The molecule has 154 valence electrons. The van der Waals surface area contributed by atoms with Crippen molar-refractivity contribution < 1.29 is 14.5 Å². The number of halogens is 1. The normalized spacial score (nSPS) is 12.6. The molecule has 0 saturated heterocycles. The highest BCUT2D eigenvalue weighted by atomic mass is 35.5. The van der Waals surface area contributed by atoms with Crippen LogP contribution in [0, 0.1) is 10.1 Å². The average molecular weight is 446 g/mol. The summed E-state index contributed by atoms with van der Waals surface area (Å²) in [6.45, 7) is 0.714. The Bertz CT molecular complexity index is 1090. The lowest BCUT2D eigenvalue weighted by molar-refractivity contribution is -0.384. The van der Waals surface area contributed by atoms with E-state index in [1.807, 2.05) is 0 Å². The Hall–Kier alpha value is -3.11. The zero-order valence-electron chi connectivity index (χ0n) is 15.6. The van der Waals surface area contributed by atoms with Gasteiger partial charge in [0.2, 0.25) is 11.1 Å². The van der Waals surface area contributed by atoms with E-state index in [2.05, 4.69) is 15.2 Å². The van der Waals surface area contributed by atoms with E-state index in [1.54, 1.807) is 35.2 Å². The first-order valence-electron chi connectivity index (χ1n) is 9.00. The van der Waals surface area contributed by atoms with Crippen LogP contribution in [0.4, 0.5) is 11.4 Å². The van der Waals surface area contributed by atoms with Gasteiger partial charge >= 0.3 is 0 Å². The van der Waals surface area contributed by atoms with Gasteiger partial charge in [0.05, 0.1) is 10.7 Å². The Balaban J connectivity index is 1.31. The number of amides is 1. The maximum absolute atomic E-state index is 12.6. The summed E-state index contributed by atoms with van der Waals surface area (Å²) in [5, 5.41) is 18.9. The van der Waals surface area contributed by atoms with Gasteiger partial charge in [0.25, 0.3) is 5.69 Å². The van der Waals surface area contributed by atoms with Gasteiger partial charge < -0.3 is 9.64 Å². The third-order valence-corrected chi connectivity index (χ3v) is 5.58. The maximum atomic E-state index is 12.6. The Morgan fingerprint density at radius 3 is 2.87 bits per heavy atom. The smallest absolute Gasteiger partial charge is 0.269 e. The number of benzene rings is 2. The number of nitro benzene ring substituents is 1. The molecule has 0 fully saturated rings. The fourth-order valence-corrected chi connectivity index (χ4v) is 3.87. The minimum absolute atomic E-state index is 0.0338. The van der Waals surface area contributed by atoms with E-state index in [1.165, 1.54) is 23.9 Å². The number of carbonyl (C=O) groups excluding carboxylic acids is 1. The highest BCUT2D eigenvalue weighted by Crippen LogP contribution is 2.32. The van der Waals surface area contributed by atoms with Gasteiger partial charge in [-0.1, -0.05) is 23.4 Å². The number of ether oxygens (including phenoxy) is 1. The third-order valence-electron chi connectivity index (χ3n) is 4.50. The van der Waals surface area contributed by atoms with Gasteiger partial charge in [-0.3, -0.25) is 20.0 Å². The molecule has 1 amide bonds. The number of hydrogen-bond donors (Lipinski definition) is 1. The molecule has 1 aliphatic rings. The molecule has 1 N–H and O–H groups in total. The van der Waals surface area contributed by atoms with Gasteiger partial charge in [0.15, 0.2) is 5.82 Å². The predicted molar refractivity (Wildman–Crippen MR) is 112 cm³/mol. The lowest BCUT2D eigenvalue weighted by Crippen LogP contribution is -2.30. The van der Waals surface area contributed by atoms with Gasteiger partial charge in [-0.05, 0) is 42.3 Å². The number of nitrogens with zero attached hydrogens (tertiary/aromatic N) is 4. The van der Waals surface area contributed by atoms with Crippen molar-refractivity contribution in [3.63, 3.8) is 0 Å². The Morgan fingerprint density at radius 2 is 2.10 bits per heavy atom. The summed E-state index contributed by atoms with van der Waals surface area (Å²) in [7, 11) is 0. The zero-order chi connectivity index (χ0) is 21.1. The standard InChI is InChI=1S/C19H16ClN5O4S/c20-13-1-4-15(5-2-13)29-10-17-21-19(23-22-17)30-11-18(26)24-8-7-12-9-14(25(27)28)3-6-16(12)24/h1-6,9H,7-8,10-11H2,(H,21,22,23). The van der Waals surface area contributed by atoms with Gasteiger partial charge in [0, 0.05) is 29.4 Å². The van der Waals surface area contributed by atoms with E-state index in [0.717, 1.165) is 11.3 Å². The molecule has 2 heterocycles. The number of nitro groups is 1. The van der Waals surface area contributed by atoms with Crippen LogP contribution in [0.3, 0.4) is 0 Å². The maximum Gasteiger partial charge on any atom is 0.269 e. The number of nitrogens with one attached hydrogen (secondary N) is 1. The highest BCUT2D eigenvalue weighted by molar-refractivity contribution is 7.99. The van der Waals surface area contributed by atoms with Crippen LogP contribution in [0.1, 0.15) is 11.4 Å². The molecular weight excluding hydrogens is 430 g/mol. The molecule has 3 aromatic rings. The molecule has 0 radical (unpaired) electrons. The molecule has 1 aromatic heterocycles. The SMILES string of the molecule is O=C(CSc1n[nH]c(COc2ccc(Cl)cc2)n1)N1CCc2cc([N+](=O)[O-])ccc21. The van der Waals surface area contributed by atoms with E-state index in [0.29, 0.717) is 34.7 Å². The molecule has 30 heavy (non-hydrogen) atoms. The second kappa shape index (κ2) is 8.72. The minimum Gasteiger partial charge on any atom is -0.486 e. The van der Waals surface area contributed by atoms with Crippen LogP contribution in [-0.2, 0) is 17.8 Å². The van der Waals surface area contributed by atoms with Gasteiger partial charge in [-0.25, -0.2) is 4.98 Å². The van der Waals surface area contributed by atoms with Crippen molar-refractivity contribution in [2.45, 2.75) is 18.2 Å². The summed E-state index contributed by atoms with van der Waals surface area (Å²) in [5.74, 6) is 1.26. The first-order valence-corrected chi connectivity index (χ1v) is 10.4. The quantitative estimate of drug-likeness (QED) is 0.335. The van der Waals surface area contributed by atoms with Crippen molar-refractivity contribution in [1.82, 2.24) is 15.2 Å². The number of hydrogen-bond acceptors (Lipinski definition) is 7. The van der Waals surface area contributed by atoms with Crippen molar-refractivity contribution in [2.24, 2.45) is 0 Å². The molecule has 4 rings (SSSR count). The average Bonchev–Trinajstić information content (AvgIpc) is 3.38. The van der Waals surface area contributed by atoms with Crippen molar-refractivity contribution in [2.75, 3.05) is 17.2 Å². The van der Waals surface area contributed by atoms with E-state index in [9.17, 15) is 14.9 Å². The summed E-state index contributed by atoms with van der Waals surface area (Å²) >= 11 is 7.06. The van der Waals surface area contributed by atoms with Crippen LogP contribution in [-0.4, -0.2) is 38.3 Å². The number of non-ortho nitro benzene ring substituents is 1. The number of aromatic nitrogens is 3. The number of H-pyrrole nitrogens is 1. The number of aromatic amines is 1. The molecular formula is C19H16ClN5O4S. The molecule has 11 heteroatoms. The first-order chi connectivity index (χ1) is 14.5. The van der Waals surface area contributed by atoms with E-state index in [-0.39, 0.29) is 24.0 Å². The molecule has 1 aliphatic heterocycles. The zero-order valence-corrected chi connectivity index (χ0v) is 17.2. The number of anilines is 1. The molecule has 0 bridgehead atoms. The number of fused-ring (bicyclic) bond motifs is 1. The van der Waals surface area contributed by atoms with Crippen LogP contribution in [0.25, 0.3) is 0 Å². The molecule has 0 atom stereocenters. The van der Waals surface area contributed by atoms with Crippen molar-refractivity contribution in [1.29, 1.82) is 0 Å². The largest absolute Gasteiger partial charge is 0.486 e. The van der Waals surface area contributed by atoms with Crippen molar-refractivity contribution in [3.8, 4) is 5.75 Å². The van der Waals surface area contributed by atoms with Crippen LogP contribution in [0.15, 0.2) is 47.6 Å². The van der Waals surface area contributed by atoms with Crippen LogP contribution in [0.5, 0.6) is 5.75 Å². The Kier molecular flexibility index (Phi) is 5.86. The summed E-state index contributed by atoms with van der Waals surface area (Å²) in [4.78, 5) is 29.0. The fraction of sp³-hybridized carbons (Fsp3) is 0.211. The predicted octanol–water partition coefficient (Wildman–Crippen LogP) is 3.63. The monoisotopic (exact) mass is 445 g/mol. The van der Waals surface area contributed by atoms with Crippen LogP contribution < -0.4 is 9.64 Å². The van der Waals surface area contributed by atoms with Gasteiger partial charge in [-0.15, -0.1) is 5.10 Å². The summed E-state index contributed by atoms with van der Waals surface area (Å²) in [6, 6.07) is 11.6. The van der Waals surface area contributed by atoms with Crippen LogP contribution >= 0.6 is 23.4 Å². The second-order valence-corrected chi connectivity index (χ2v) is 7.84. The molecule has 0 spiro atoms. The lowest BCUT2D eigenvalue weighted by Gasteiger charge is -2.16. The molecule has 9 nitrogen and oxygen atoms in total. The summed E-state index contributed by atoms with van der Waals surface area (Å²) in [6.07, 6.45) is 0.597. The first kappa shape index (κ1) is 20.2. The van der Waals surface area contributed by atoms with Crippen LogP contribution in [0.2, 0.25) is 5.02 Å². The van der Waals surface area contributed by atoms with Gasteiger partial charge in [0.1, 0.15) is 12.4 Å². The second-order valence-electron chi connectivity index (χ2n) is 6.46. The molecule has 0 aliphatic carbocycles. The summed E-state index contributed by atoms with van der Waals surface area (Å²) in [5.41, 5.74) is 1.56. The van der Waals surface area contributed by atoms with Crippen molar-refractivity contribution in [3.05, 3.63) is 69.0 Å². The topological polar surface area (TPSA) is 114 Å². The fourth-order valence-electron chi connectivity index (χ4n) is 3.05. The summed E-state index contributed by atoms with van der Waals surface area (Å²) < 4.78 is 5.61. The lowest BCUT2D eigenvalue weighted by atomic mass is 10.1. The molecule has 0 unspecified atom stereocenters. The van der Waals surface area contributed by atoms with E-state index >= 15 is 0 Å².